The molecule has 0 amide bonds. The Morgan fingerprint density at radius 3 is 2.61 bits per heavy atom. The number of hydrogen-bond acceptors (Lipinski definition) is 6. The quantitative estimate of drug-likeness (QED) is 0.216. The van der Waals surface area contributed by atoms with E-state index < -0.39 is 0 Å². The van der Waals surface area contributed by atoms with E-state index in [4.69, 9.17) is 4.74 Å². The van der Waals surface area contributed by atoms with Crippen molar-refractivity contribution in [2.75, 3.05) is 6.61 Å². The molecule has 2 aromatic heterocycles. The highest BCUT2D eigenvalue weighted by atomic mass is 32.2. The molecule has 0 unspecified atom stereocenters. The van der Waals surface area contributed by atoms with Crippen LogP contribution >= 0.6 is 11.8 Å². The first-order valence-corrected chi connectivity index (χ1v) is 12.7. The summed E-state index contributed by atoms with van der Waals surface area (Å²) in [7, 11) is 0. The third kappa shape index (κ3) is 4.18. The van der Waals surface area contributed by atoms with Crippen molar-refractivity contribution in [3.63, 3.8) is 0 Å². The van der Waals surface area contributed by atoms with E-state index in [1.165, 1.54) is 11.8 Å². The van der Waals surface area contributed by atoms with Crippen LogP contribution in [0.3, 0.4) is 0 Å². The molecule has 0 bridgehead atoms. The number of carbonyl (C=O) groups is 1. The van der Waals surface area contributed by atoms with Crippen molar-refractivity contribution in [2.45, 2.75) is 38.6 Å². The fraction of sp³-hybridized carbons (Fsp3) is 0.214. The van der Waals surface area contributed by atoms with Gasteiger partial charge in [0.25, 0.3) is 5.56 Å². The van der Waals surface area contributed by atoms with E-state index in [0.29, 0.717) is 34.2 Å². The van der Waals surface area contributed by atoms with Crippen LogP contribution in [-0.2, 0) is 5.75 Å². The Labute approximate surface area is 212 Å². The smallest absolute Gasteiger partial charge is 0.267 e. The molecule has 0 aliphatic heterocycles. The zero-order valence-electron chi connectivity index (χ0n) is 20.6. The Bertz CT molecular complexity index is 1690. The van der Waals surface area contributed by atoms with Crippen LogP contribution in [0, 0.1) is 13.8 Å². The highest BCUT2D eigenvalue weighted by molar-refractivity contribution is 7.98. The summed E-state index contributed by atoms with van der Waals surface area (Å²) < 4.78 is 9.37. The third-order valence-corrected chi connectivity index (χ3v) is 7.10. The normalized spacial score (nSPS) is 11.3. The summed E-state index contributed by atoms with van der Waals surface area (Å²) in [6.45, 7) is 7.99. The molecule has 8 heteroatoms. The van der Waals surface area contributed by atoms with Crippen molar-refractivity contribution in [1.82, 2.24) is 19.2 Å². The van der Waals surface area contributed by atoms with Crippen LogP contribution in [-0.4, -0.2) is 31.6 Å². The number of para-hydroxylation sites is 1. The molecule has 0 aliphatic carbocycles. The van der Waals surface area contributed by atoms with E-state index in [2.05, 4.69) is 10.2 Å². The first-order valence-electron chi connectivity index (χ1n) is 11.7. The average Bonchev–Trinajstić information content (AvgIpc) is 3.29. The number of Topliss-reactive ketones (excluding diaryl/α,β-unsaturated/α-hetero) is 1. The van der Waals surface area contributed by atoms with Crippen molar-refractivity contribution in [1.29, 1.82) is 0 Å². The maximum atomic E-state index is 13.6. The Kier molecular flexibility index (Phi) is 6.36. The van der Waals surface area contributed by atoms with Gasteiger partial charge in [0.2, 0.25) is 5.78 Å². The van der Waals surface area contributed by atoms with Crippen LogP contribution in [0.2, 0.25) is 0 Å². The molecule has 0 spiro atoms. The van der Waals surface area contributed by atoms with Crippen molar-refractivity contribution < 1.29 is 9.53 Å². The summed E-state index contributed by atoms with van der Waals surface area (Å²) in [6, 6.07) is 19.0. The Morgan fingerprint density at radius 2 is 1.83 bits per heavy atom. The highest BCUT2D eigenvalue weighted by Gasteiger charge is 2.19. The number of thioether (sulfide) groups is 1. The van der Waals surface area contributed by atoms with Crippen LogP contribution in [0.15, 0.2) is 70.6 Å². The van der Waals surface area contributed by atoms with E-state index in [1.54, 1.807) is 17.6 Å². The molecule has 2 heterocycles. The summed E-state index contributed by atoms with van der Waals surface area (Å²) in [5.74, 6) is 1.72. The van der Waals surface area contributed by atoms with E-state index in [9.17, 15) is 9.59 Å². The number of aryl methyl sites for hydroxylation is 2. The Hall–Kier alpha value is -3.91. The van der Waals surface area contributed by atoms with Gasteiger partial charge < -0.3 is 4.74 Å². The fourth-order valence-corrected chi connectivity index (χ4v) is 5.22. The standard InChI is InChI=1S/C28H26N4O3S/c1-5-35-25-13-12-20(19(4)33)15-21(25)16-36-28-30-29-27-31(24-14-17(2)10-11-18(24)3)26(34)22-8-6-7-9-23(22)32(27)28/h6-15H,5,16H2,1-4H3. The second-order valence-electron chi connectivity index (χ2n) is 8.67. The topological polar surface area (TPSA) is 78.5 Å². The number of aromatic nitrogens is 4. The lowest BCUT2D eigenvalue weighted by atomic mass is 10.1. The van der Waals surface area contributed by atoms with Gasteiger partial charge in [0, 0.05) is 16.9 Å². The van der Waals surface area contributed by atoms with Gasteiger partial charge in [-0.25, -0.2) is 4.57 Å². The minimum Gasteiger partial charge on any atom is -0.494 e. The zero-order valence-corrected chi connectivity index (χ0v) is 21.4. The van der Waals surface area contributed by atoms with Gasteiger partial charge in [-0.3, -0.25) is 14.0 Å². The predicted octanol–water partition coefficient (Wildman–Crippen LogP) is 5.54. The molecule has 0 N–H and O–H groups in total. The first-order chi connectivity index (χ1) is 17.4. The molecule has 0 atom stereocenters. The van der Waals surface area contributed by atoms with Crippen molar-refractivity contribution >= 4 is 34.2 Å². The van der Waals surface area contributed by atoms with E-state index >= 15 is 0 Å². The van der Waals surface area contributed by atoms with E-state index in [1.807, 2.05) is 79.8 Å². The van der Waals surface area contributed by atoms with Gasteiger partial charge in [-0.05, 0) is 75.2 Å². The molecule has 0 radical (unpaired) electrons. The van der Waals surface area contributed by atoms with Gasteiger partial charge in [0.05, 0.1) is 23.2 Å². The highest BCUT2D eigenvalue weighted by Crippen LogP contribution is 2.30. The molecule has 182 valence electrons. The van der Waals surface area contributed by atoms with Crippen molar-refractivity contribution in [2.24, 2.45) is 0 Å². The fourth-order valence-electron chi connectivity index (χ4n) is 4.30. The Balaban J connectivity index is 1.68. The van der Waals surface area contributed by atoms with Gasteiger partial charge in [0.1, 0.15) is 5.75 Å². The number of ether oxygens (including phenoxy) is 1. The molecule has 5 aromatic rings. The van der Waals surface area contributed by atoms with Gasteiger partial charge in [0.15, 0.2) is 10.9 Å². The molecule has 5 rings (SSSR count). The van der Waals surface area contributed by atoms with Crippen LogP contribution < -0.4 is 10.3 Å². The number of nitrogens with zero attached hydrogens (tertiary/aromatic N) is 4. The first kappa shape index (κ1) is 23.8. The summed E-state index contributed by atoms with van der Waals surface area (Å²) in [6.07, 6.45) is 0. The van der Waals surface area contributed by atoms with Gasteiger partial charge in [-0.1, -0.05) is 36.0 Å². The average molecular weight is 499 g/mol. The van der Waals surface area contributed by atoms with Gasteiger partial charge in [-0.15, -0.1) is 10.2 Å². The minimum atomic E-state index is -0.136. The second-order valence-corrected chi connectivity index (χ2v) is 9.61. The lowest BCUT2D eigenvalue weighted by molar-refractivity contribution is 0.101. The summed E-state index contributed by atoms with van der Waals surface area (Å²) in [4.78, 5) is 25.6. The second kappa shape index (κ2) is 9.62. The van der Waals surface area contributed by atoms with Crippen LogP contribution in [0.1, 0.15) is 40.9 Å². The van der Waals surface area contributed by atoms with Crippen LogP contribution in [0.4, 0.5) is 0 Å². The number of benzene rings is 3. The summed E-state index contributed by atoms with van der Waals surface area (Å²) >= 11 is 1.48. The summed E-state index contributed by atoms with van der Waals surface area (Å²) in [5, 5.41) is 10.2. The molecule has 0 saturated carbocycles. The van der Waals surface area contributed by atoms with Gasteiger partial charge in [-0.2, -0.15) is 0 Å². The monoisotopic (exact) mass is 498 g/mol. The van der Waals surface area contributed by atoms with Crippen molar-refractivity contribution in [3.8, 4) is 11.4 Å². The minimum absolute atomic E-state index is 0.000705. The summed E-state index contributed by atoms with van der Waals surface area (Å²) in [5.41, 5.74) is 4.95. The molecule has 3 aromatic carbocycles. The molecule has 0 aliphatic rings. The van der Waals surface area contributed by atoms with Crippen molar-refractivity contribution in [3.05, 3.63) is 93.3 Å². The molecular weight excluding hydrogens is 472 g/mol. The van der Waals surface area contributed by atoms with Crippen LogP contribution in [0.5, 0.6) is 5.75 Å². The van der Waals surface area contributed by atoms with E-state index in [-0.39, 0.29) is 11.3 Å². The van der Waals surface area contributed by atoms with Gasteiger partial charge >= 0.3 is 0 Å². The number of hydrogen-bond donors (Lipinski definition) is 0. The zero-order chi connectivity index (χ0) is 25.4. The molecule has 36 heavy (non-hydrogen) atoms. The lowest BCUT2D eigenvalue weighted by Crippen LogP contribution is -2.22. The molecular formula is C28H26N4O3S. The van der Waals surface area contributed by atoms with Crippen LogP contribution in [0.25, 0.3) is 22.4 Å². The number of fused-ring (bicyclic) bond motifs is 3. The lowest BCUT2D eigenvalue weighted by Gasteiger charge is -2.14. The third-order valence-electron chi connectivity index (χ3n) is 6.12. The van der Waals surface area contributed by atoms with E-state index in [0.717, 1.165) is 33.6 Å². The molecule has 0 fully saturated rings. The SMILES string of the molecule is CCOc1ccc(C(C)=O)cc1CSc1nnc2n(-c3cc(C)ccc3C)c(=O)c3ccccc3n12. The maximum absolute atomic E-state index is 13.6. The Morgan fingerprint density at radius 1 is 1.03 bits per heavy atom. The number of carbonyl (C=O) groups excluding carboxylic acids is 1. The largest absolute Gasteiger partial charge is 0.494 e. The maximum Gasteiger partial charge on any atom is 0.267 e. The number of ketones is 1. The molecule has 0 saturated heterocycles. The predicted molar refractivity (Wildman–Crippen MR) is 143 cm³/mol. The molecule has 7 nitrogen and oxygen atoms in total. The number of rotatable bonds is 7.